The summed E-state index contributed by atoms with van der Waals surface area (Å²) in [6, 6.07) is 16.0. The number of hydrogen-bond donors (Lipinski definition) is 1. The molecule has 30 heavy (non-hydrogen) atoms. The van der Waals surface area contributed by atoms with Gasteiger partial charge in [0.15, 0.2) is 0 Å². The quantitative estimate of drug-likeness (QED) is 0.451. The van der Waals surface area contributed by atoms with Gasteiger partial charge in [-0.05, 0) is 55.0 Å². The summed E-state index contributed by atoms with van der Waals surface area (Å²) in [5.41, 5.74) is 2.71. The molecule has 154 valence electrons. The van der Waals surface area contributed by atoms with Crippen LogP contribution in [-0.4, -0.2) is 44.8 Å². The number of esters is 1. The van der Waals surface area contributed by atoms with E-state index in [0.29, 0.717) is 31.1 Å². The Kier molecular flexibility index (Phi) is 7.19. The average Bonchev–Trinajstić information content (AvgIpc) is 2.79. The van der Waals surface area contributed by atoms with Crippen LogP contribution in [0.2, 0.25) is 0 Å². The lowest BCUT2D eigenvalue weighted by Crippen LogP contribution is -2.36. The van der Waals surface area contributed by atoms with Crippen LogP contribution >= 0.6 is 0 Å². The van der Waals surface area contributed by atoms with Crippen LogP contribution in [0.5, 0.6) is 0 Å². The molecule has 1 aliphatic rings. The first-order valence-corrected chi connectivity index (χ1v) is 9.74. The number of nitriles is 1. The molecule has 0 unspecified atom stereocenters. The Hall–Kier alpha value is -3.63. The molecule has 1 amide bonds. The van der Waals surface area contributed by atoms with Gasteiger partial charge >= 0.3 is 5.97 Å². The molecule has 0 bridgehead atoms. The Labute approximate surface area is 175 Å². The number of ether oxygens (including phenoxy) is 2. The van der Waals surface area contributed by atoms with Gasteiger partial charge in [0.05, 0.1) is 25.4 Å². The number of nitrogens with one attached hydrogen (secondary N) is 1. The lowest BCUT2D eigenvalue weighted by molar-refractivity contribution is -0.112. The first kappa shape index (κ1) is 21.1. The smallest absolute Gasteiger partial charge is 0.338 e. The third-order valence-corrected chi connectivity index (χ3v) is 4.60. The SMILES string of the molecule is CCOC(=O)c1ccc(NC(=O)/C(C#N)=C/c2ccc(N3CCOCC3)cc2)cc1. The maximum Gasteiger partial charge on any atom is 0.338 e. The largest absolute Gasteiger partial charge is 0.462 e. The molecule has 0 radical (unpaired) electrons. The highest BCUT2D eigenvalue weighted by Crippen LogP contribution is 2.19. The van der Waals surface area contributed by atoms with E-state index in [1.165, 1.54) is 0 Å². The molecule has 0 saturated carbocycles. The van der Waals surface area contributed by atoms with E-state index < -0.39 is 11.9 Å². The van der Waals surface area contributed by atoms with Gasteiger partial charge in [-0.15, -0.1) is 0 Å². The van der Waals surface area contributed by atoms with Crippen molar-refractivity contribution in [3.8, 4) is 6.07 Å². The Balaban J connectivity index is 1.66. The molecule has 3 rings (SSSR count). The van der Waals surface area contributed by atoms with E-state index in [0.717, 1.165) is 24.3 Å². The number of rotatable bonds is 6. The van der Waals surface area contributed by atoms with Crippen molar-refractivity contribution < 1.29 is 19.1 Å². The molecule has 1 N–H and O–H groups in total. The molecular weight excluding hydrogens is 382 g/mol. The normalized spacial score (nSPS) is 14.0. The van der Waals surface area contributed by atoms with Gasteiger partial charge in [0.1, 0.15) is 11.6 Å². The Morgan fingerprint density at radius 1 is 1.13 bits per heavy atom. The van der Waals surface area contributed by atoms with Crippen molar-refractivity contribution in [3.05, 3.63) is 65.2 Å². The van der Waals surface area contributed by atoms with Gasteiger partial charge in [-0.2, -0.15) is 5.26 Å². The van der Waals surface area contributed by atoms with Gasteiger partial charge < -0.3 is 19.7 Å². The van der Waals surface area contributed by atoms with Crippen molar-refractivity contribution >= 4 is 29.3 Å². The lowest BCUT2D eigenvalue weighted by Gasteiger charge is -2.28. The molecule has 0 atom stereocenters. The molecule has 2 aromatic carbocycles. The number of benzene rings is 2. The highest BCUT2D eigenvalue weighted by molar-refractivity contribution is 6.09. The Bertz CT molecular complexity index is 953. The summed E-state index contributed by atoms with van der Waals surface area (Å²) in [5.74, 6) is -0.938. The summed E-state index contributed by atoms with van der Waals surface area (Å²) >= 11 is 0. The number of anilines is 2. The fraction of sp³-hybridized carbons (Fsp3) is 0.261. The molecule has 1 heterocycles. The van der Waals surface area contributed by atoms with Crippen LogP contribution in [0.15, 0.2) is 54.1 Å². The number of hydrogen-bond acceptors (Lipinski definition) is 6. The fourth-order valence-corrected chi connectivity index (χ4v) is 3.02. The molecule has 7 nitrogen and oxygen atoms in total. The predicted molar refractivity (Wildman–Crippen MR) is 114 cm³/mol. The minimum atomic E-state index is -0.515. The molecular formula is C23H23N3O4. The third kappa shape index (κ3) is 5.46. The highest BCUT2D eigenvalue weighted by Gasteiger charge is 2.13. The Morgan fingerprint density at radius 3 is 2.40 bits per heavy atom. The number of nitrogens with zero attached hydrogens (tertiary/aromatic N) is 2. The van der Waals surface area contributed by atoms with E-state index in [9.17, 15) is 14.9 Å². The minimum Gasteiger partial charge on any atom is -0.462 e. The van der Waals surface area contributed by atoms with Gasteiger partial charge in [0.25, 0.3) is 5.91 Å². The highest BCUT2D eigenvalue weighted by atomic mass is 16.5. The zero-order valence-electron chi connectivity index (χ0n) is 16.8. The number of carbonyl (C=O) groups excluding carboxylic acids is 2. The van der Waals surface area contributed by atoms with Crippen molar-refractivity contribution in [2.75, 3.05) is 43.1 Å². The van der Waals surface area contributed by atoms with Crippen LogP contribution in [0.4, 0.5) is 11.4 Å². The van der Waals surface area contributed by atoms with Crippen molar-refractivity contribution in [1.82, 2.24) is 0 Å². The van der Waals surface area contributed by atoms with Gasteiger partial charge in [-0.25, -0.2) is 4.79 Å². The maximum atomic E-state index is 12.5. The second-order valence-electron chi connectivity index (χ2n) is 6.61. The van der Waals surface area contributed by atoms with Crippen LogP contribution in [0.25, 0.3) is 6.08 Å². The van der Waals surface area contributed by atoms with E-state index >= 15 is 0 Å². The summed E-state index contributed by atoms with van der Waals surface area (Å²) in [7, 11) is 0. The monoisotopic (exact) mass is 405 g/mol. The van der Waals surface area contributed by atoms with Crippen molar-refractivity contribution in [3.63, 3.8) is 0 Å². The summed E-state index contributed by atoms with van der Waals surface area (Å²) in [6.07, 6.45) is 1.55. The molecule has 0 aromatic heterocycles. The van der Waals surface area contributed by atoms with Gasteiger partial charge in [-0.1, -0.05) is 12.1 Å². The molecule has 0 aliphatic carbocycles. The first-order chi connectivity index (χ1) is 14.6. The van der Waals surface area contributed by atoms with Gasteiger partial charge in [-0.3, -0.25) is 4.79 Å². The second-order valence-corrected chi connectivity index (χ2v) is 6.61. The molecule has 0 spiro atoms. The maximum absolute atomic E-state index is 12.5. The molecule has 7 heteroatoms. The van der Waals surface area contributed by atoms with Crippen LogP contribution in [0, 0.1) is 11.3 Å². The second kappa shape index (κ2) is 10.2. The molecule has 1 aliphatic heterocycles. The van der Waals surface area contributed by atoms with E-state index in [4.69, 9.17) is 9.47 Å². The van der Waals surface area contributed by atoms with E-state index in [1.807, 2.05) is 30.3 Å². The van der Waals surface area contributed by atoms with Crippen molar-refractivity contribution in [1.29, 1.82) is 5.26 Å². The van der Waals surface area contributed by atoms with Crippen LogP contribution in [0.1, 0.15) is 22.8 Å². The van der Waals surface area contributed by atoms with E-state index in [-0.39, 0.29) is 5.57 Å². The third-order valence-electron chi connectivity index (χ3n) is 4.60. The van der Waals surface area contributed by atoms with Gasteiger partial charge in [0.2, 0.25) is 0 Å². The molecule has 1 saturated heterocycles. The van der Waals surface area contributed by atoms with E-state index in [1.54, 1.807) is 37.3 Å². The Morgan fingerprint density at radius 2 is 1.80 bits per heavy atom. The summed E-state index contributed by atoms with van der Waals surface area (Å²) < 4.78 is 10.3. The average molecular weight is 405 g/mol. The van der Waals surface area contributed by atoms with E-state index in [2.05, 4.69) is 10.2 Å². The number of amides is 1. The lowest BCUT2D eigenvalue weighted by atomic mass is 10.1. The number of carbonyl (C=O) groups is 2. The van der Waals surface area contributed by atoms with Gasteiger partial charge in [0, 0.05) is 24.5 Å². The van der Waals surface area contributed by atoms with Crippen molar-refractivity contribution in [2.24, 2.45) is 0 Å². The summed E-state index contributed by atoms with van der Waals surface area (Å²) in [5, 5.41) is 12.1. The van der Waals surface area contributed by atoms with Crippen LogP contribution in [-0.2, 0) is 14.3 Å². The van der Waals surface area contributed by atoms with Crippen molar-refractivity contribution in [2.45, 2.75) is 6.92 Å². The summed E-state index contributed by atoms with van der Waals surface area (Å²) in [6.45, 7) is 5.13. The standard InChI is InChI=1S/C23H23N3O4/c1-2-30-23(28)18-5-7-20(8-6-18)25-22(27)19(16-24)15-17-3-9-21(10-4-17)26-11-13-29-14-12-26/h3-10,15H,2,11-14H2,1H3,(H,25,27)/b19-15+. The topological polar surface area (TPSA) is 91.7 Å². The predicted octanol–water partition coefficient (Wildman–Crippen LogP) is 3.25. The molecule has 1 fully saturated rings. The first-order valence-electron chi connectivity index (χ1n) is 9.74. The summed E-state index contributed by atoms with van der Waals surface area (Å²) in [4.78, 5) is 26.4. The van der Waals surface area contributed by atoms with Crippen LogP contribution in [0.3, 0.4) is 0 Å². The zero-order valence-corrected chi connectivity index (χ0v) is 16.8. The fourth-order valence-electron chi connectivity index (χ4n) is 3.02. The van der Waals surface area contributed by atoms with Crippen LogP contribution < -0.4 is 10.2 Å². The zero-order chi connectivity index (χ0) is 21.3. The minimum absolute atomic E-state index is 0.0106. The molecule has 2 aromatic rings. The number of morpholine rings is 1.